The standard InChI is InChI=1S/C9H15INO2/c1-9(10-2)6-4-3-5-13-7(6)11-8(9)12/h6-7H,3-5H2,1-2H3,(H,11,12)/q-1. The molecule has 3 nitrogen and oxygen atoms in total. The summed E-state index contributed by atoms with van der Waals surface area (Å²) in [5.74, 6) is 0.659. The number of hydrogen-bond acceptors (Lipinski definition) is 2. The van der Waals surface area contributed by atoms with Crippen LogP contribution >= 0.6 is 0 Å². The van der Waals surface area contributed by atoms with Crippen LogP contribution in [0.2, 0.25) is 0 Å². The fourth-order valence-electron chi connectivity index (χ4n) is 2.14. The fraction of sp³-hybridized carbons (Fsp3) is 0.889. The van der Waals surface area contributed by atoms with Gasteiger partial charge in [0.05, 0.1) is 0 Å². The van der Waals surface area contributed by atoms with E-state index in [1.54, 1.807) is 0 Å². The van der Waals surface area contributed by atoms with E-state index in [-0.39, 0.29) is 36.8 Å². The van der Waals surface area contributed by atoms with Gasteiger partial charge in [0.15, 0.2) is 0 Å². The SMILES string of the molecule is C[I-]C1(C)C(=O)NC2OCCCC21. The van der Waals surface area contributed by atoms with Crippen molar-refractivity contribution in [3.05, 3.63) is 0 Å². The molecule has 76 valence electrons. The first kappa shape index (κ1) is 9.71. The van der Waals surface area contributed by atoms with Crippen LogP contribution in [0.1, 0.15) is 19.8 Å². The molecule has 0 aromatic carbocycles. The summed E-state index contributed by atoms with van der Waals surface area (Å²) in [7, 11) is 0. The number of halogens is 1. The summed E-state index contributed by atoms with van der Waals surface area (Å²) in [6.07, 6.45) is 2.27. The van der Waals surface area contributed by atoms with Crippen molar-refractivity contribution in [2.75, 3.05) is 11.5 Å². The van der Waals surface area contributed by atoms with Crippen molar-refractivity contribution in [2.45, 2.75) is 29.4 Å². The monoisotopic (exact) mass is 296 g/mol. The number of rotatable bonds is 1. The van der Waals surface area contributed by atoms with Crippen molar-refractivity contribution in [1.82, 2.24) is 5.32 Å². The molecule has 0 bridgehead atoms. The molecule has 2 fully saturated rings. The van der Waals surface area contributed by atoms with Gasteiger partial charge in [0, 0.05) is 0 Å². The molecule has 4 heteroatoms. The molecular formula is C9H15INO2-. The molecule has 0 aromatic heterocycles. The molecule has 0 spiro atoms. The summed E-state index contributed by atoms with van der Waals surface area (Å²) < 4.78 is 5.48. The second-order valence-electron chi connectivity index (χ2n) is 3.78. The molecule has 2 aliphatic heterocycles. The Hall–Kier alpha value is 0.160. The van der Waals surface area contributed by atoms with E-state index >= 15 is 0 Å². The van der Waals surface area contributed by atoms with E-state index < -0.39 is 0 Å². The quantitative estimate of drug-likeness (QED) is 0.424. The molecule has 1 amide bonds. The molecule has 0 saturated carbocycles. The Balaban J connectivity index is 2.23. The van der Waals surface area contributed by atoms with Gasteiger partial charge >= 0.3 is 88.8 Å². The van der Waals surface area contributed by atoms with Crippen molar-refractivity contribution in [3.63, 3.8) is 0 Å². The second-order valence-corrected chi connectivity index (χ2v) is 7.10. The summed E-state index contributed by atoms with van der Waals surface area (Å²) >= 11 is -0.0580. The third-order valence-corrected chi connectivity index (χ3v) is 6.66. The van der Waals surface area contributed by atoms with Crippen LogP contribution in [-0.4, -0.2) is 27.1 Å². The molecule has 2 aliphatic rings. The minimum atomic E-state index is -0.0794. The fourth-order valence-corrected chi connectivity index (χ4v) is 4.23. The first-order chi connectivity index (χ1) is 6.18. The molecule has 0 radical (unpaired) electrons. The second kappa shape index (κ2) is 3.38. The van der Waals surface area contributed by atoms with Crippen LogP contribution in [0.15, 0.2) is 0 Å². The Morgan fingerprint density at radius 3 is 3.15 bits per heavy atom. The number of fused-ring (bicyclic) bond motifs is 1. The van der Waals surface area contributed by atoms with Gasteiger partial charge in [0.25, 0.3) is 0 Å². The van der Waals surface area contributed by atoms with E-state index in [0.29, 0.717) is 5.92 Å². The Morgan fingerprint density at radius 2 is 2.46 bits per heavy atom. The predicted molar refractivity (Wildman–Crippen MR) is 44.9 cm³/mol. The molecule has 0 aliphatic carbocycles. The zero-order valence-corrected chi connectivity index (χ0v) is 10.1. The van der Waals surface area contributed by atoms with Crippen LogP contribution in [0, 0.1) is 5.92 Å². The van der Waals surface area contributed by atoms with Gasteiger partial charge in [-0.25, -0.2) is 0 Å². The zero-order chi connectivity index (χ0) is 9.47. The van der Waals surface area contributed by atoms with Gasteiger partial charge in [-0.1, -0.05) is 0 Å². The summed E-state index contributed by atoms with van der Waals surface area (Å²) in [4.78, 5) is 13.9. The van der Waals surface area contributed by atoms with Crippen molar-refractivity contribution >= 4 is 5.91 Å². The summed E-state index contributed by atoms with van der Waals surface area (Å²) in [6, 6.07) is 0. The minimum absolute atomic E-state index is 0.0194. The maximum absolute atomic E-state index is 11.7. The Morgan fingerprint density at radius 1 is 1.69 bits per heavy atom. The molecule has 1 N–H and O–H groups in total. The van der Waals surface area contributed by atoms with Crippen LogP contribution in [0.3, 0.4) is 0 Å². The van der Waals surface area contributed by atoms with Gasteiger partial charge in [-0.3, -0.25) is 0 Å². The number of ether oxygens (including phenoxy) is 1. The van der Waals surface area contributed by atoms with E-state index in [2.05, 4.69) is 17.2 Å². The van der Waals surface area contributed by atoms with E-state index in [1.165, 1.54) is 0 Å². The van der Waals surface area contributed by atoms with E-state index in [1.807, 2.05) is 0 Å². The Bertz CT molecular complexity index is 234. The van der Waals surface area contributed by atoms with Crippen LogP contribution in [0.4, 0.5) is 0 Å². The predicted octanol–water partition coefficient (Wildman–Crippen LogP) is -2.65. The molecule has 3 atom stereocenters. The van der Waals surface area contributed by atoms with Crippen LogP contribution in [0.25, 0.3) is 0 Å². The molecule has 2 heterocycles. The number of amides is 1. The van der Waals surface area contributed by atoms with Crippen molar-refractivity contribution in [1.29, 1.82) is 0 Å². The molecule has 3 unspecified atom stereocenters. The van der Waals surface area contributed by atoms with Gasteiger partial charge < -0.3 is 0 Å². The first-order valence-electron chi connectivity index (χ1n) is 4.61. The number of alkyl halides is 2. The van der Waals surface area contributed by atoms with Gasteiger partial charge in [0.1, 0.15) is 0 Å². The Kier molecular flexibility index (Phi) is 2.53. The van der Waals surface area contributed by atoms with Crippen molar-refractivity contribution in [2.24, 2.45) is 5.92 Å². The zero-order valence-electron chi connectivity index (χ0n) is 7.97. The topological polar surface area (TPSA) is 38.3 Å². The van der Waals surface area contributed by atoms with Crippen LogP contribution < -0.4 is 26.5 Å². The average molecular weight is 296 g/mol. The van der Waals surface area contributed by atoms with Crippen LogP contribution in [0.5, 0.6) is 0 Å². The van der Waals surface area contributed by atoms with Crippen molar-refractivity contribution in [3.8, 4) is 0 Å². The van der Waals surface area contributed by atoms with E-state index in [0.717, 1.165) is 19.4 Å². The van der Waals surface area contributed by atoms with Gasteiger partial charge in [0.2, 0.25) is 0 Å². The summed E-state index contributed by atoms with van der Waals surface area (Å²) in [6.45, 7) is 2.91. The summed E-state index contributed by atoms with van der Waals surface area (Å²) in [5.41, 5.74) is 0. The Labute approximate surface area is 88.9 Å². The first-order valence-corrected chi connectivity index (χ1v) is 7.85. The number of carbonyl (C=O) groups excluding carboxylic acids is 1. The van der Waals surface area contributed by atoms with E-state index in [4.69, 9.17) is 4.74 Å². The van der Waals surface area contributed by atoms with Gasteiger partial charge in [-0.05, 0) is 0 Å². The summed E-state index contributed by atoms with van der Waals surface area (Å²) in [5, 5.41) is 2.96. The molecule has 2 saturated heterocycles. The third kappa shape index (κ3) is 1.38. The molecular weight excluding hydrogens is 281 g/mol. The number of nitrogens with one attached hydrogen (secondary N) is 1. The van der Waals surface area contributed by atoms with Crippen molar-refractivity contribution < 1.29 is 30.7 Å². The maximum atomic E-state index is 11.7. The number of hydrogen-bond donors (Lipinski definition) is 1. The number of carbonyl (C=O) groups is 1. The van der Waals surface area contributed by atoms with Gasteiger partial charge in [-0.15, -0.1) is 0 Å². The average Bonchev–Trinajstić information content (AvgIpc) is 2.41. The molecule has 0 aromatic rings. The third-order valence-electron chi connectivity index (χ3n) is 3.13. The normalized spacial score (nSPS) is 44.6. The molecule has 13 heavy (non-hydrogen) atoms. The van der Waals surface area contributed by atoms with E-state index in [9.17, 15) is 4.79 Å². The van der Waals surface area contributed by atoms with Gasteiger partial charge in [-0.2, -0.15) is 0 Å². The van der Waals surface area contributed by atoms with Crippen LogP contribution in [-0.2, 0) is 9.53 Å². The molecule has 2 rings (SSSR count).